The van der Waals surface area contributed by atoms with Gasteiger partial charge in [-0.3, -0.25) is 4.99 Å². The van der Waals surface area contributed by atoms with Crippen LogP contribution < -0.4 is 10.6 Å². The third-order valence-electron chi connectivity index (χ3n) is 3.78. The van der Waals surface area contributed by atoms with Crippen molar-refractivity contribution in [3.63, 3.8) is 0 Å². The minimum Gasteiger partial charge on any atom is -0.377 e. The van der Waals surface area contributed by atoms with Gasteiger partial charge >= 0.3 is 0 Å². The quantitative estimate of drug-likeness (QED) is 0.391. The summed E-state index contributed by atoms with van der Waals surface area (Å²) in [5, 5.41) is 7.41. The number of ether oxygens (including phenoxy) is 1. The van der Waals surface area contributed by atoms with Crippen LogP contribution in [-0.4, -0.2) is 38.8 Å². The van der Waals surface area contributed by atoms with Crippen LogP contribution in [0.5, 0.6) is 0 Å². The summed E-state index contributed by atoms with van der Waals surface area (Å²) in [6.07, 6.45) is 0. The Bertz CT molecular complexity index is 501. The van der Waals surface area contributed by atoms with Crippen molar-refractivity contribution in [2.24, 2.45) is 4.99 Å². The molecule has 1 aromatic rings. The molecule has 0 radical (unpaired) electrons. The Hall–Kier alpha value is -0.530. The zero-order valence-corrected chi connectivity index (χ0v) is 18.0. The summed E-state index contributed by atoms with van der Waals surface area (Å²) in [6, 6.07) is 7.97. The van der Waals surface area contributed by atoms with E-state index in [1.807, 2.05) is 26.0 Å². The average molecular weight is 454 g/mol. The van der Waals surface area contributed by atoms with Crippen LogP contribution in [0.25, 0.3) is 0 Å². The Morgan fingerprint density at radius 1 is 1.09 bits per heavy atom. The molecule has 0 atom stereocenters. The zero-order valence-electron chi connectivity index (χ0n) is 14.9. The summed E-state index contributed by atoms with van der Waals surface area (Å²) in [7, 11) is 3.48. The molecule has 0 aliphatic rings. The normalized spacial score (nSPS) is 12.6. The van der Waals surface area contributed by atoms with Gasteiger partial charge in [0.05, 0.1) is 5.60 Å². The highest BCUT2D eigenvalue weighted by Crippen LogP contribution is 2.23. The van der Waals surface area contributed by atoms with E-state index in [9.17, 15) is 0 Å². The molecule has 0 saturated carbocycles. The van der Waals surface area contributed by atoms with Crippen molar-refractivity contribution < 1.29 is 4.74 Å². The molecule has 0 spiro atoms. The summed E-state index contributed by atoms with van der Waals surface area (Å²) >= 11 is 5.95. The first-order chi connectivity index (χ1) is 10.2. The van der Waals surface area contributed by atoms with Crippen molar-refractivity contribution in [2.45, 2.75) is 38.7 Å². The number of methoxy groups -OCH3 is 1. The van der Waals surface area contributed by atoms with Gasteiger partial charge in [0.25, 0.3) is 0 Å². The topological polar surface area (TPSA) is 45.7 Å². The second-order valence-electron chi connectivity index (χ2n) is 6.63. The lowest BCUT2D eigenvalue weighted by molar-refractivity contribution is 0.0268. The molecule has 6 heteroatoms. The maximum Gasteiger partial charge on any atom is 0.191 e. The predicted molar refractivity (Wildman–Crippen MR) is 110 cm³/mol. The molecule has 1 rings (SSSR count). The monoisotopic (exact) mass is 453 g/mol. The second kappa shape index (κ2) is 9.69. The molecule has 0 fully saturated rings. The van der Waals surface area contributed by atoms with E-state index in [0.29, 0.717) is 6.54 Å². The third-order valence-corrected chi connectivity index (χ3v) is 4.03. The van der Waals surface area contributed by atoms with E-state index in [1.165, 1.54) is 5.56 Å². The fraction of sp³-hybridized carbons (Fsp3) is 0.588. The lowest BCUT2D eigenvalue weighted by Gasteiger charge is -2.28. The summed E-state index contributed by atoms with van der Waals surface area (Å²) in [5.74, 6) is 0.771. The third kappa shape index (κ3) is 7.72. The highest BCUT2D eigenvalue weighted by Gasteiger charge is 2.22. The molecule has 4 nitrogen and oxygen atoms in total. The number of hydrogen-bond acceptors (Lipinski definition) is 2. The number of rotatable bonds is 6. The van der Waals surface area contributed by atoms with Crippen LogP contribution in [0.15, 0.2) is 29.3 Å². The van der Waals surface area contributed by atoms with Crippen LogP contribution in [0, 0.1) is 0 Å². The number of benzene rings is 1. The second-order valence-corrected chi connectivity index (χ2v) is 7.07. The maximum atomic E-state index is 5.95. The van der Waals surface area contributed by atoms with Crippen molar-refractivity contribution in [3.8, 4) is 0 Å². The minimum absolute atomic E-state index is 0. The maximum absolute atomic E-state index is 5.95. The molecule has 2 N–H and O–H groups in total. The SMILES string of the molecule is CN=C(NCC(C)(C)OC)NCC(C)(C)c1ccc(Cl)cc1.I. The molecule has 0 bridgehead atoms. The minimum atomic E-state index is -0.233. The van der Waals surface area contributed by atoms with Crippen LogP contribution >= 0.6 is 35.6 Å². The molecule has 0 aromatic heterocycles. The number of nitrogens with one attached hydrogen (secondary N) is 2. The van der Waals surface area contributed by atoms with E-state index >= 15 is 0 Å². The lowest BCUT2D eigenvalue weighted by Crippen LogP contribution is -2.48. The van der Waals surface area contributed by atoms with E-state index in [2.05, 4.69) is 41.6 Å². The van der Waals surface area contributed by atoms with Gasteiger partial charge in [-0.25, -0.2) is 0 Å². The molecular weight excluding hydrogens is 425 g/mol. The van der Waals surface area contributed by atoms with Crippen molar-refractivity contribution in [1.82, 2.24) is 10.6 Å². The van der Waals surface area contributed by atoms with Gasteiger partial charge in [0, 0.05) is 37.7 Å². The smallest absolute Gasteiger partial charge is 0.191 e. The summed E-state index contributed by atoms with van der Waals surface area (Å²) in [4.78, 5) is 4.25. The van der Waals surface area contributed by atoms with Crippen molar-refractivity contribution in [1.29, 1.82) is 0 Å². The highest BCUT2D eigenvalue weighted by atomic mass is 127. The molecule has 0 aliphatic heterocycles. The van der Waals surface area contributed by atoms with Crippen LogP contribution in [-0.2, 0) is 10.2 Å². The Morgan fingerprint density at radius 3 is 2.09 bits per heavy atom. The molecule has 23 heavy (non-hydrogen) atoms. The van der Waals surface area contributed by atoms with Gasteiger partial charge in [-0.1, -0.05) is 37.6 Å². The highest BCUT2D eigenvalue weighted by molar-refractivity contribution is 14.0. The number of guanidine groups is 1. The fourth-order valence-corrected chi connectivity index (χ4v) is 2.02. The van der Waals surface area contributed by atoms with E-state index in [4.69, 9.17) is 16.3 Å². The van der Waals surface area contributed by atoms with Gasteiger partial charge in [0.15, 0.2) is 5.96 Å². The number of halogens is 2. The standard InChI is InChI=1S/C17H28ClN3O.HI/c1-16(2,13-7-9-14(18)10-8-13)11-20-15(19-5)21-12-17(3,4)22-6;/h7-10H,11-12H2,1-6H3,(H2,19,20,21);1H. The molecular formula is C17H29ClIN3O. The van der Waals surface area contributed by atoms with E-state index in [1.54, 1.807) is 14.2 Å². The average Bonchev–Trinajstić information content (AvgIpc) is 2.48. The summed E-state index contributed by atoms with van der Waals surface area (Å²) in [5.41, 5.74) is 0.972. The molecule has 0 amide bonds. The van der Waals surface area contributed by atoms with Gasteiger partial charge in [-0.15, -0.1) is 24.0 Å². The first kappa shape index (κ1) is 22.5. The zero-order chi connectivity index (χ0) is 16.8. The molecule has 1 aromatic carbocycles. The molecule has 0 heterocycles. The van der Waals surface area contributed by atoms with Crippen LogP contribution in [0.2, 0.25) is 5.02 Å². The molecule has 0 aliphatic carbocycles. The predicted octanol–water partition coefficient (Wildman–Crippen LogP) is 3.83. The van der Waals surface area contributed by atoms with Crippen LogP contribution in [0.1, 0.15) is 33.3 Å². The van der Waals surface area contributed by atoms with E-state index in [0.717, 1.165) is 17.5 Å². The van der Waals surface area contributed by atoms with Gasteiger partial charge < -0.3 is 15.4 Å². The van der Waals surface area contributed by atoms with Crippen LogP contribution in [0.3, 0.4) is 0 Å². The Kier molecular flexibility index (Phi) is 9.47. The first-order valence-electron chi connectivity index (χ1n) is 7.46. The van der Waals surface area contributed by atoms with Crippen LogP contribution in [0.4, 0.5) is 0 Å². The van der Waals surface area contributed by atoms with E-state index in [-0.39, 0.29) is 35.0 Å². The number of aliphatic imine (C=N–C) groups is 1. The Balaban J connectivity index is 0.00000484. The van der Waals surface area contributed by atoms with Crippen molar-refractivity contribution in [3.05, 3.63) is 34.9 Å². The number of nitrogens with zero attached hydrogens (tertiary/aromatic N) is 1. The fourth-order valence-electron chi connectivity index (χ4n) is 1.90. The van der Waals surface area contributed by atoms with Gasteiger partial charge in [-0.05, 0) is 31.5 Å². The van der Waals surface area contributed by atoms with Crippen molar-refractivity contribution in [2.75, 3.05) is 27.2 Å². The molecule has 132 valence electrons. The first-order valence-corrected chi connectivity index (χ1v) is 7.84. The van der Waals surface area contributed by atoms with Gasteiger partial charge in [0.1, 0.15) is 0 Å². The lowest BCUT2D eigenvalue weighted by atomic mass is 9.85. The number of hydrogen-bond donors (Lipinski definition) is 2. The molecule has 0 saturated heterocycles. The Morgan fingerprint density at radius 2 is 1.61 bits per heavy atom. The van der Waals surface area contributed by atoms with E-state index < -0.39 is 0 Å². The summed E-state index contributed by atoms with van der Waals surface area (Å²) < 4.78 is 5.40. The van der Waals surface area contributed by atoms with Crippen molar-refractivity contribution >= 4 is 41.5 Å². The summed E-state index contributed by atoms with van der Waals surface area (Å²) in [6.45, 7) is 9.90. The largest absolute Gasteiger partial charge is 0.377 e. The molecule has 0 unspecified atom stereocenters. The Labute approximate surface area is 162 Å². The van der Waals surface area contributed by atoms with Gasteiger partial charge in [-0.2, -0.15) is 0 Å². The van der Waals surface area contributed by atoms with Gasteiger partial charge in [0.2, 0.25) is 0 Å².